The summed E-state index contributed by atoms with van der Waals surface area (Å²) in [7, 11) is 1.67. The van der Waals surface area contributed by atoms with Gasteiger partial charge in [-0.3, -0.25) is 19.1 Å². The zero-order valence-electron chi connectivity index (χ0n) is 15.1. The van der Waals surface area contributed by atoms with E-state index < -0.39 is 18.6 Å². The highest BCUT2D eigenvalue weighted by molar-refractivity contribution is 6.01. The molecule has 1 saturated heterocycles. The van der Waals surface area contributed by atoms with E-state index in [0.29, 0.717) is 31.3 Å². The third-order valence-electron chi connectivity index (χ3n) is 5.45. The first-order valence-electron chi connectivity index (χ1n) is 8.97. The summed E-state index contributed by atoms with van der Waals surface area (Å²) in [5.41, 5.74) is 3.68. The van der Waals surface area contributed by atoms with E-state index in [0.717, 1.165) is 21.7 Å². The van der Waals surface area contributed by atoms with Crippen molar-refractivity contribution in [1.82, 2.24) is 24.6 Å². The molecule has 148 valence electrons. The van der Waals surface area contributed by atoms with Crippen LogP contribution in [0.5, 0.6) is 0 Å². The van der Waals surface area contributed by atoms with Crippen LogP contribution in [0.3, 0.4) is 0 Å². The fourth-order valence-electron chi connectivity index (χ4n) is 3.97. The van der Waals surface area contributed by atoms with Crippen LogP contribution in [0.4, 0.5) is 13.2 Å². The number of ether oxygens (including phenoxy) is 1. The van der Waals surface area contributed by atoms with Crippen molar-refractivity contribution in [3.05, 3.63) is 46.7 Å². The minimum atomic E-state index is -4.49. The number of carbonyl (C=O) groups excluding carboxylic acids is 1. The molecule has 3 aliphatic rings. The Bertz CT molecular complexity index is 1000. The van der Waals surface area contributed by atoms with Gasteiger partial charge in [-0.15, -0.1) is 0 Å². The minimum Gasteiger partial charge on any atom is -0.380 e. The van der Waals surface area contributed by atoms with Crippen molar-refractivity contribution in [2.75, 3.05) is 19.8 Å². The Morgan fingerprint density at radius 3 is 2.75 bits per heavy atom. The van der Waals surface area contributed by atoms with Crippen molar-refractivity contribution in [3.63, 3.8) is 0 Å². The lowest BCUT2D eigenvalue weighted by Gasteiger charge is -2.38. The van der Waals surface area contributed by atoms with E-state index in [1.54, 1.807) is 17.9 Å². The molecule has 2 aromatic rings. The van der Waals surface area contributed by atoms with Gasteiger partial charge < -0.3 is 15.0 Å². The molecule has 28 heavy (non-hydrogen) atoms. The Balaban J connectivity index is 1.66. The van der Waals surface area contributed by atoms with Gasteiger partial charge in [0.05, 0.1) is 31.1 Å². The number of alkyl halides is 3. The summed E-state index contributed by atoms with van der Waals surface area (Å²) in [5, 5.41) is 3.15. The summed E-state index contributed by atoms with van der Waals surface area (Å²) < 4.78 is 48.2. The molecule has 1 N–H and O–H groups in total. The van der Waals surface area contributed by atoms with Crippen LogP contribution >= 0.6 is 0 Å². The van der Waals surface area contributed by atoms with Crippen LogP contribution in [0, 0.1) is 0 Å². The molecule has 0 aliphatic carbocycles. The zero-order valence-corrected chi connectivity index (χ0v) is 15.1. The van der Waals surface area contributed by atoms with Gasteiger partial charge in [0.15, 0.2) is 0 Å². The number of amides is 1. The summed E-state index contributed by atoms with van der Waals surface area (Å²) in [6.45, 7) is 0.0402. The van der Waals surface area contributed by atoms with Gasteiger partial charge in [-0.25, -0.2) is 0 Å². The maximum atomic E-state index is 13.2. The molecular formula is C18H18F3N5O2. The first kappa shape index (κ1) is 17.4. The topological polar surface area (TPSA) is 64.3 Å². The van der Waals surface area contributed by atoms with E-state index in [2.05, 4.69) is 10.3 Å². The normalized spacial score (nSPS) is 19.2. The highest BCUT2D eigenvalue weighted by atomic mass is 19.4. The molecule has 7 nitrogen and oxygen atoms in total. The van der Waals surface area contributed by atoms with Crippen LogP contribution in [-0.2, 0) is 25.0 Å². The fraction of sp³-hybridized carbons (Fsp3) is 0.444. The first-order valence-corrected chi connectivity index (χ1v) is 8.97. The smallest absolute Gasteiger partial charge is 0.380 e. The molecule has 10 heteroatoms. The Labute approximate surface area is 158 Å². The van der Waals surface area contributed by atoms with Crippen molar-refractivity contribution in [2.45, 2.75) is 25.3 Å². The minimum absolute atomic E-state index is 0.141. The Morgan fingerprint density at radius 1 is 1.29 bits per heavy atom. The summed E-state index contributed by atoms with van der Waals surface area (Å²) in [5.74, 6) is -0.495. The number of hydrogen-bond acceptors (Lipinski definition) is 4. The van der Waals surface area contributed by atoms with Crippen molar-refractivity contribution in [3.8, 4) is 0 Å². The summed E-state index contributed by atoms with van der Waals surface area (Å²) in [4.78, 5) is 18.5. The van der Waals surface area contributed by atoms with E-state index in [9.17, 15) is 18.0 Å². The molecule has 1 fully saturated rings. The number of pyridine rings is 1. The van der Waals surface area contributed by atoms with Crippen molar-refractivity contribution in [2.24, 2.45) is 7.05 Å². The number of fused-ring (bicyclic) bond motifs is 2. The van der Waals surface area contributed by atoms with Gasteiger partial charge in [-0.05, 0) is 6.07 Å². The van der Waals surface area contributed by atoms with E-state index in [1.165, 1.54) is 0 Å². The second kappa shape index (κ2) is 5.87. The second-order valence-corrected chi connectivity index (χ2v) is 7.28. The molecule has 3 aliphatic heterocycles. The molecule has 0 saturated carbocycles. The van der Waals surface area contributed by atoms with Gasteiger partial charge in [0.1, 0.15) is 18.9 Å². The standard InChI is InChI=1S/C18H18F3N5O2/c1-24-16-15-12(4-22-9-26(15)24)11-2-3-13(10-6-28-7-10)23-14(11)5-25(17(16)27)8-18(19,20)21/h2-4,10,22H,5-9H2,1H3. The maximum absolute atomic E-state index is 13.2. The lowest BCUT2D eigenvalue weighted by Crippen LogP contribution is -2.47. The average molecular weight is 393 g/mol. The van der Waals surface area contributed by atoms with Crippen LogP contribution < -0.4 is 5.32 Å². The number of nitrogens with one attached hydrogen (secondary N) is 1. The predicted molar refractivity (Wildman–Crippen MR) is 92.2 cm³/mol. The van der Waals surface area contributed by atoms with Gasteiger partial charge in [-0.1, -0.05) is 6.07 Å². The predicted octanol–water partition coefficient (Wildman–Crippen LogP) is 1.80. The van der Waals surface area contributed by atoms with Gasteiger partial charge >= 0.3 is 6.18 Å². The van der Waals surface area contributed by atoms with E-state index in [1.807, 2.05) is 16.8 Å². The number of aromatic nitrogens is 3. The Morgan fingerprint density at radius 2 is 2.07 bits per heavy atom. The quantitative estimate of drug-likeness (QED) is 0.845. The van der Waals surface area contributed by atoms with Crippen molar-refractivity contribution >= 4 is 11.5 Å². The SMILES string of the molecule is Cn1c2c3n1CNC=C3c1ccc(C3COC3)nc1CN(CC(F)(F)F)C2=O. The van der Waals surface area contributed by atoms with E-state index >= 15 is 0 Å². The van der Waals surface area contributed by atoms with Crippen LogP contribution in [-0.4, -0.2) is 51.1 Å². The van der Waals surface area contributed by atoms with Crippen molar-refractivity contribution in [1.29, 1.82) is 0 Å². The first-order chi connectivity index (χ1) is 13.3. The number of rotatable bonds is 2. The third-order valence-corrected chi connectivity index (χ3v) is 5.45. The van der Waals surface area contributed by atoms with Crippen LogP contribution in [0.25, 0.3) is 5.57 Å². The summed E-state index contributed by atoms with van der Waals surface area (Å²) >= 11 is 0. The highest BCUT2D eigenvalue weighted by Crippen LogP contribution is 2.37. The average Bonchev–Trinajstić information content (AvgIpc) is 2.57. The van der Waals surface area contributed by atoms with Crippen LogP contribution in [0.1, 0.15) is 39.1 Å². The highest BCUT2D eigenvalue weighted by Gasteiger charge is 2.40. The van der Waals surface area contributed by atoms with E-state index in [4.69, 9.17) is 4.74 Å². The molecular weight excluding hydrogens is 375 g/mol. The largest absolute Gasteiger partial charge is 0.406 e. The second-order valence-electron chi connectivity index (χ2n) is 7.28. The zero-order chi connectivity index (χ0) is 19.6. The molecule has 0 radical (unpaired) electrons. The number of carbonyl (C=O) groups is 1. The molecule has 0 unspecified atom stereocenters. The lowest BCUT2D eigenvalue weighted by molar-refractivity contribution is -0.141. The van der Waals surface area contributed by atoms with Crippen LogP contribution in [0.15, 0.2) is 18.3 Å². The third kappa shape index (κ3) is 2.55. The molecule has 5 heterocycles. The van der Waals surface area contributed by atoms with Gasteiger partial charge in [-0.2, -0.15) is 13.2 Å². The molecule has 0 spiro atoms. The molecule has 0 atom stereocenters. The lowest BCUT2D eigenvalue weighted by atomic mass is 9.93. The van der Waals surface area contributed by atoms with Crippen LogP contribution in [0.2, 0.25) is 0 Å². The molecule has 0 aromatic carbocycles. The fourth-order valence-corrected chi connectivity index (χ4v) is 3.97. The van der Waals surface area contributed by atoms with Crippen molar-refractivity contribution < 1.29 is 22.7 Å². The molecule has 0 bridgehead atoms. The molecule has 2 aromatic heterocycles. The number of hydrogen-bond donors (Lipinski definition) is 1. The monoisotopic (exact) mass is 393 g/mol. The maximum Gasteiger partial charge on any atom is 0.406 e. The number of nitrogens with zero attached hydrogens (tertiary/aromatic N) is 4. The summed E-state index contributed by atoms with van der Waals surface area (Å²) in [6.07, 6.45) is -2.69. The Kier molecular flexibility index (Phi) is 3.64. The summed E-state index contributed by atoms with van der Waals surface area (Å²) in [6, 6.07) is 3.78. The number of halogens is 3. The van der Waals surface area contributed by atoms with E-state index in [-0.39, 0.29) is 18.2 Å². The molecule has 5 rings (SSSR count). The van der Waals surface area contributed by atoms with Gasteiger partial charge in [0.25, 0.3) is 5.91 Å². The van der Waals surface area contributed by atoms with Gasteiger partial charge in [0.2, 0.25) is 0 Å². The van der Waals surface area contributed by atoms with Gasteiger partial charge in [0, 0.05) is 36.0 Å². The molecule has 1 amide bonds. The Hall–Kier alpha value is -2.75.